The number of rotatable bonds is 0. The molecule has 6 nitrogen and oxygen atoms in total. The van der Waals surface area contributed by atoms with Gasteiger partial charge in [-0.3, -0.25) is 0 Å². The second kappa shape index (κ2) is 781. The van der Waals surface area contributed by atoms with E-state index in [1.54, 1.807) is 0 Å². The van der Waals surface area contributed by atoms with Gasteiger partial charge in [-0.05, 0) is 0 Å². The molecule has 0 saturated carbocycles. The van der Waals surface area contributed by atoms with Crippen LogP contribution in [0.1, 0.15) is 7.43 Å². The van der Waals surface area contributed by atoms with Crippen LogP contribution in [0.5, 0.6) is 0 Å². The molecular formula is C2H4ArN2O4. The summed E-state index contributed by atoms with van der Waals surface area (Å²) < 4.78 is 0. The van der Waals surface area contributed by atoms with Gasteiger partial charge in [-0.1, -0.05) is 7.43 Å². The molecule has 0 radical (unpaired) electrons. The summed E-state index contributed by atoms with van der Waals surface area (Å²) in [7, 11) is 0. The molecule has 0 heterocycles. The minimum atomic E-state index is 0. The van der Waals surface area contributed by atoms with Gasteiger partial charge in [0.15, 0.2) is 0 Å². The molecular weight excluding hydrogens is 158 g/mol. The summed E-state index contributed by atoms with van der Waals surface area (Å²) in [6, 6.07) is 0. The summed E-state index contributed by atoms with van der Waals surface area (Å²) in [6.07, 6.45) is 0.250. The van der Waals surface area contributed by atoms with Crippen molar-refractivity contribution in [3.8, 4) is 0 Å². The van der Waals surface area contributed by atoms with Crippen LogP contribution in [0.15, 0.2) is 0 Å². The molecule has 0 aliphatic heterocycles. The van der Waals surface area contributed by atoms with Crippen LogP contribution in [0.25, 0.3) is 0 Å². The van der Waals surface area contributed by atoms with Gasteiger partial charge < -0.3 is 0 Å². The maximum atomic E-state index is 8.12. The molecule has 9 heavy (non-hydrogen) atoms. The van der Waals surface area contributed by atoms with Crippen molar-refractivity contribution in [2.24, 2.45) is 0 Å². The van der Waals surface area contributed by atoms with Crippen molar-refractivity contribution in [2.75, 3.05) is 0 Å². The Labute approximate surface area is 81.2 Å². The molecule has 7 heteroatoms. The quantitative estimate of drug-likeness (QED) is 0.468. The van der Waals surface area contributed by atoms with Crippen LogP contribution in [0.4, 0.5) is 0 Å². The summed E-state index contributed by atoms with van der Waals surface area (Å²) in [6.45, 7) is 0. The van der Waals surface area contributed by atoms with Crippen LogP contribution in [0.3, 0.4) is 0 Å². The number of carbonyl (C=O) groups excluding carboxylic acids is 2. The van der Waals surface area contributed by atoms with Crippen molar-refractivity contribution < 1.29 is 47.3 Å². The fourth-order valence-corrected chi connectivity index (χ4v) is 0. The van der Waals surface area contributed by atoms with E-state index in [9.17, 15) is 0 Å². The second-order valence-corrected chi connectivity index (χ2v) is 0.0833. The largest absolute Gasteiger partial charge is 0.373 e. The van der Waals surface area contributed by atoms with Crippen LogP contribution in [-0.2, 0) is 9.59 Å². The average molecular weight is 162 g/mol. The number of hydrogen-bond donors (Lipinski definition) is 0. The first kappa shape index (κ1) is 37.9. The van der Waals surface area contributed by atoms with E-state index in [-0.39, 0.29) is 51.3 Å². The predicted octanol–water partition coefficient (Wildman–Crippen LogP) is 0.150. The molecule has 0 aliphatic rings. The van der Waals surface area contributed by atoms with Gasteiger partial charge in [0.1, 0.15) is 0 Å². The first-order chi connectivity index (χ1) is 3.41. The van der Waals surface area contributed by atoms with Gasteiger partial charge in [-0.25, -0.2) is 0 Å². The van der Waals surface area contributed by atoms with E-state index in [4.69, 9.17) is 30.3 Å². The van der Waals surface area contributed by atoms with Gasteiger partial charge in [0.2, 0.25) is 0 Å². The van der Waals surface area contributed by atoms with Gasteiger partial charge in [0, 0.05) is 58.5 Å². The summed E-state index contributed by atoms with van der Waals surface area (Å²) in [5, 5.41) is 12.0. The topological polar surface area (TPSA) is 116 Å². The second-order valence-electron chi connectivity index (χ2n) is 0.0833. The SMILES string of the molecule is N#N.O=C=O.O=O.[14CH4].[Ar]. The Bertz CT molecular complexity index is 68.2. The van der Waals surface area contributed by atoms with E-state index in [0.717, 1.165) is 0 Å². The van der Waals surface area contributed by atoms with Gasteiger partial charge in [-0.15, -0.1) is 0 Å². The Balaban J connectivity index is -0.00000000825. The van der Waals surface area contributed by atoms with Crippen molar-refractivity contribution in [2.45, 2.75) is 7.43 Å². The van der Waals surface area contributed by atoms with Crippen LogP contribution < -0.4 is 0 Å². The predicted molar refractivity (Wildman–Crippen MR) is 21.9 cm³/mol. The Morgan fingerprint density at radius 3 is 1.00 bits per heavy atom. The standard InChI is InChI=1S/CO2.CH4.Ar.N2.O2/c2-1-3;;;2*1-2/h;1H4;;;/i;1+2;;;. The van der Waals surface area contributed by atoms with Gasteiger partial charge in [-0.2, -0.15) is 9.59 Å². The number of nitrogens with zero attached hydrogens (tertiary/aromatic N) is 2. The van der Waals surface area contributed by atoms with Gasteiger partial charge >= 0.3 is 6.15 Å². The Kier molecular flexibility index (Phi) is 3290. The molecule has 0 aromatic carbocycles. The summed E-state index contributed by atoms with van der Waals surface area (Å²) >= 11 is 0. The van der Waals surface area contributed by atoms with Crippen LogP contribution in [0.2, 0.25) is 0 Å². The van der Waals surface area contributed by atoms with Crippen molar-refractivity contribution in [1.82, 2.24) is 0 Å². The Morgan fingerprint density at radius 1 is 1.00 bits per heavy atom. The minimum absolute atomic E-state index is 0. The molecule has 0 amide bonds. The van der Waals surface area contributed by atoms with Crippen LogP contribution in [-0.4, -0.2) is 6.15 Å². The van der Waals surface area contributed by atoms with Gasteiger partial charge in [0.25, 0.3) is 0 Å². The molecule has 0 fully saturated rings. The molecule has 0 aromatic heterocycles. The Morgan fingerprint density at radius 2 is 1.00 bits per heavy atom. The zero-order valence-electron chi connectivity index (χ0n) is 3.38. The Hall–Kier alpha value is -0.340. The normalized spacial score (nSPS) is 1.56. The van der Waals surface area contributed by atoms with Crippen LogP contribution >= 0.6 is 0 Å². The molecule has 0 saturated heterocycles. The minimum Gasteiger partial charge on any atom is -0.186 e. The zero-order chi connectivity index (χ0) is 6.71. The molecule has 54 valence electrons. The monoisotopic (exact) mass is 162 g/mol. The zero-order valence-corrected chi connectivity index (χ0v) is 4.09. The number of hydrogen-bond acceptors (Lipinski definition) is 6. The van der Waals surface area contributed by atoms with Crippen molar-refractivity contribution in [3.05, 3.63) is 9.93 Å². The third-order valence-corrected chi connectivity index (χ3v) is 0. The molecule has 0 aliphatic carbocycles. The first-order valence-electron chi connectivity index (χ1n) is 0.775. The molecule has 0 aromatic rings. The van der Waals surface area contributed by atoms with E-state index >= 15 is 0 Å². The maximum Gasteiger partial charge on any atom is 0.373 e. The van der Waals surface area contributed by atoms with E-state index < -0.39 is 0 Å². The average Bonchev–Trinajstić information content (AvgIpc) is 1.78. The fraction of sp³-hybridized carbons (Fsp3) is 0.500. The summed E-state index contributed by atoms with van der Waals surface area (Å²) in [5.74, 6) is 0. The van der Waals surface area contributed by atoms with Crippen molar-refractivity contribution >= 4 is 6.15 Å². The van der Waals surface area contributed by atoms with E-state index in [0.29, 0.717) is 0 Å². The van der Waals surface area contributed by atoms with Crippen molar-refractivity contribution in [3.63, 3.8) is 0 Å². The third kappa shape index (κ3) is 2120. The third-order valence-electron chi connectivity index (χ3n) is 0. The molecule has 0 spiro atoms. The molecule has 0 bridgehead atoms. The van der Waals surface area contributed by atoms with Crippen LogP contribution in [0, 0.1) is 58.5 Å². The van der Waals surface area contributed by atoms with E-state index in [2.05, 4.69) is 0 Å². The molecule has 0 rings (SSSR count). The summed E-state index contributed by atoms with van der Waals surface area (Å²) in [4.78, 5) is 30.2. The maximum absolute atomic E-state index is 8.12. The smallest absolute Gasteiger partial charge is 0.186 e. The van der Waals surface area contributed by atoms with E-state index in [1.807, 2.05) is 0 Å². The fourth-order valence-electron chi connectivity index (χ4n) is 0. The van der Waals surface area contributed by atoms with Gasteiger partial charge in [0.05, 0.1) is 0 Å². The molecule has 0 unspecified atom stereocenters. The molecule has 0 atom stereocenters. The summed E-state index contributed by atoms with van der Waals surface area (Å²) in [5.41, 5.74) is 0. The van der Waals surface area contributed by atoms with Crippen molar-refractivity contribution in [1.29, 1.82) is 10.8 Å². The first-order valence-corrected chi connectivity index (χ1v) is 0.775. The van der Waals surface area contributed by atoms with E-state index in [1.165, 1.54) is 0 Å². The molecule has 0 N–H and O–H groups in total.